The van der Waals surface area contributed by atoms with Gasteiger partial charge in [0.1, 0.15) is 0 Å². The van der Waals surface area contributed by atoms with Crippen LogP contribution in [0.25, 0.3) is 28.2 Å². The number of hydrogen-bond donors (Lipinski definition) is 1. The zero-order valence-corrected chi connectivity index (χ0v) is 26.0. The normalized spacial score (nSPS) is 15.0. The number of fused-ring (bicyclic) bond motifs is 2. The SMILES string of the molecule is CCOC(=O)C1=C(C)N=c2s/c(=C/c3c(-c4ccccc4)[nH]c4c(C)cc(C)cc34)c(=O)n2[C@@H]1c1ccc(N(C)C)cc1. The molecule has 8 heteroatoms. The average molecular weight is 591 g/mol. The summed E-state index contributed by atoms with van der Waals surface area (Å²) in [4.78, 5) is 38.6. The standard InChI is InChI=1S/C35H34N4O3S/c1-7-42-34(41)29-22(4)36-35-39(32(29)24-13-15-25(16-14-24)38(5)6)33(40)28(43-35)19-27-26-18-20(2)17-21(3)30(26)37-31(27)23-11-9-8-10-12-23/h8-19,32,37H,7H2,1-6H3/b28-19+/t32-/m1/s1. The molecule has 0 radical (unpaired) electrons. The number of aryl methyl sites for hydroxylation is 2. The second kappa shape index (κ2) is 11.2. The number of benzene rings is 3. The number of nitrogens with one attached hydrogen (secondary N) is 1. The maximum Gasteiger partial charge on any atom is 0.338 e. The van der Waals surface area contributed by atoms with Crippen LogP contribution in [0.5, 0.6) is 0 Å². The molecule has 0 bridgehead atoms. The molecule has 43 heavy (non-hydrogen) atoms. The molecular formula is C35H34N4O3S. The molecule has 3 heterocycles. The van der Waals surface area contributed by atoms with Crippen LogP contribution in [0, 0.1) is 13.8 Å². The number of H-pyrrole nitrogens is 1. The molecule has 218 valence electrons. The number of carbonyl (C=O) groups excluding carboxylic acids is 1. The monoisotopic (exact) mass is 590 g/mol. The van der Waals surface area contributed by atoms with E-state index in [9.17, 15) is 9.59 Å². The Morgan fingerprint density at radius 1 is 1.07 bits per heavy atom. The lowest BCUT2D eigenvalue weighted by molar-refractivity contribution is -0.139. The summed E-state index contributed by atoms with van der Waals surface area (Å²) in [5, 5.41) is 1.06. The number of allylic oxidation sites excluding steroid dienone is 1. The molecule has 0 spiro atoms. The predicted octanol–water partition coefficient (Wildman–Crippen LogP) is 5.63. The molecular weight excluding hydrogens is 556 g/mol. The number of aromatic amines is 1. The summed E-state index contributed by atoms with van der Waals surface area (Å²) in [5.41, 5.74) is 8.85. The van der Waals surface area contributed by atoms with Gasteiger partial charge < -0.3 is 14.6 Å². The third-order valence-corrected chi connectivity index (χ3v) is 8.85. The second-order valence-corrected chi connectivity index (χ2v) is 12.1. The number of anilines is 1. The van der Waals surface area contributed by atoms with Crippen molar-refractivity contribution < 1.29 is 9.53 Å². The van der Waals surface area contributed by atoms with Crippen LogP contribution in [-0.2, 0) is 9.53 Å². The van der Waals surface area contributed by atoms with E-state index in [1.807, 2.05) is 74.5 Å². The zero-order valence-electron chi connectivity index (χ0n) is 25.2. The Morgan fingerprint density at radius 3 is 2.47 bits per heavy atom. The lowest BCUT2D eigenvalue weighted by Crippen LogP contribution is -2.40. The molecule has 7 nitrogen and oxygen atoms in total. The summed E-state index contributed by atoms with van der Waals surface area (Å²) in [7, 11) is 3.95. The van der Waals surface area contributed by atoms with E-state index < -0.39 is 12.0 Å². The molecule has 2 aromatic heterocycles. The van der Waals surface area contributed by atoms with Gasteiger partial charge in [0.25, 0.3) is 5.56 Å². The van der Waals surface area contributed by atoms with E-state index in [-0.39, 0.29) is 12.2 Å². The fourth-order valence-corrected chi connectivity index (χ4v) is 6.88. The Bertz CT molecular complexity index is 2080. The van der Waals surface area contributed by atoms with Crippen molar-refractivity contribution in [3.8, 4) is 11.3 Å². The van der Waals surface area contributed by atoms with Gasteiger partial charge in [0.15, 0.2) is 4.80 Å². The smallest absolute Gasteiger partial charge is 0.338 e. The molecule has 0 saturated heterocycles. The Morgan fingerprint density at radius 2 is 1.79 bits per heavy atom. The van der Waals surface area contributed by atoms with Crippen LogP contribution in [0.2, 0.25) is 0 Å². The molecule has 3 aromatic carbocycles. The fourth-order valence-electron chi connectivity index (χ4n) is 5.85. The van der Waals surface area contributed by atoms with Gasteiger partial charge in [-0.05, 0) is 68.7 Å². The first-order chi connectivity index (χ1) is 20.7. The highest BCUT2D eigenvalue weighted by atomic mass is 32.1. The first-order valence-corrected chi connectivity index (χ1v) is 15.1. The van der Waals surface area contributed by atoms with Gasteiger partial charge in [-0.3, -0.25) is 9.36 Å². The lowest BCUT2D eigenvalue weighted by atomic mass is 9.95. The van der Waals surface area contributed by atoms with Crippen molar-refractivity contribution in [2.24, 2.45) is 4.99 Å². The molecule has 0 saturated carbocycles. The third kappa shape index (κ3) is 5.02. The number of carbonyl (C=O) groups is 1. The summed E-state index contributed by atoms with van der Waals surface area (Å²) in [6.07, 6.45) is 1.97. The van der Waals surface area contributed by atoms with E-state index >= 15 is 0 Å². The highest BCUT2D eigenvalue weighted by Crippen LogP contribution is 2.34. The number of nitrogens with zero attached hydrogens (tertiary/aromatic N) is 3. The van der Waals surface area contributed by atoms with E-state index in [2.05, 4.69) is 43.1 Å². The van der Waals surface area contributed by atoms with Crippen LogP contribution in [0.4, 0.5) is 5.69 Å². The minimum atomic E-state index is -0.658. The molecule has 5 aromatic rings. The van der Waals surface area contributed by atoms with E-state index in [0.717, 1.165) is 50.1 Å². The van der Waals surface area contributed by atoms with Crippen molar-refractivity contribution in [1.82, 2.24) is 9.55 Å². The van der Waals surface area contributed by atoms with Crippen LogP contribution < -0.4 is 19.8 Å². The van der Waals surface area contributed by atoms with Crippen LogP contribution in [-0.4, -0.2) is 36.2 Å². The minimum Gasteiger partial charge on any atom is -0.463 e. The quantitative estimate of drug-likeness (QED) is 0.260. The molecule has 1 N–H and O–H groups in total. The van der Waals surface area contributed by atoms with Crippen LogP contribution >= 0.6 is 11.3 Å². The summed E-state index contributed by atoms with van der Waals surface area (Å²) >= 11 is 1.34. The number of hydrogen-bond acceptors (Lipinski definition) is 6. The highest BCUT2D eigenvalue weighted by Gasteiger charge is 2.33. The van der Waals surface area contributed by atoms with Crippen LogP contribution in [0.1, 0.15) is 42.1 Å². The molecule has 0 fully saturated rings. The Kier molecular flexibility index (Phi) is 7.40. The van der Waals surface area contributed by atoms with Gasteiger partial charge >= 0.3 is 5.97 Å². The summed E-state index contributed by atoms with van der Waals surface area (Å²) < 4.78 is 7.65. The number of rotatable bonds is 6. The van der Waals surface area contributed by atoms with Gasteiger partial charge in [-0.2, -0.15) is 0 Å². The fraction of sp³-hybridized carbons (Fsp3) is 0.229. The third-order valence-electron chi connectivity index (χ3n) is 7.87. The highest BCUT2D eigenvalue weighted by molar-refractivity contribution is 7.07. The maximum atomic E-state index is 14.3. The van der Waals surface area contributed by atoms with Crippen LogP contribution in [0.15, 0.2) is 87.8 Å². The Hall–Kier alpha value is -4.69. The van der Waals surface area contributed by atoms with Crippen molar-refractivity contribution in [3.63, 3.8) is 0 Å². The largest absolute Gasteiger partial charge is 0.463 e. The number of aromatic nitrogens is 2. The first kappa shape index (κ1) is 28.4. The van der Waals surface area contributed by atoms with Gasteiger partial charge in [0.2, 0.25) is 0 Å². The van der Waals surface area contributed by atoms with Crippen molar-refractivity contribution in [2.45, 2.75) is 33.7 Å². The predicted molar refractivity (Wildman–Crippen MR) is 174 cm³/mol. The van der Waals surface area contributed by atoms with Crippen molar-refractivity contribution in [1.29, 1.82) is 0 Å². The summed E-state index contributed by atoms with van der Waals surface area (Å²) in [6.45, 7) is 8.00. The molecule has 1 aliphatic heterocycles. The minimum absolute atomic E-state index is 0.197. The second-order valence-electron chi connectivity index (χ2n) is 11.1. The molecule has 0 amide bonds. The van der Waals surface area contributed by atoms with Gasteiger partial charge in [-0.15, -0.1) is 0 Å². The average Bonchev–Trinajstić information content (AvgIpc) is 3.50. The first-order valence-electron chi connectivity index (χ1n) is 14.3. The molecule has 6 rings (SSSR count). The number of thiazole rings is 1. The molecule has 1 atom stereocenters. The van der Waals surface area contributed by atoms with Crippen LogP contribution in [0.3, 0.4) is 0 Å². The van der Waals surface area contributed by atoms with E-state index in [1.54, 1.807) is 11.5 Å². The van der Waals surface area contributed by atoms with Gasteiger partial charge in [0.05, 0.1) is 34.1 Å². The van der Waals surface area contributed by atoms with E-state index in [0.29, 0.717) is 20.6 Å². The molecule has 0 aliphatic carbocycles. The summed E-state index contributed by atoms with van der Waals surface area (Å²) in [6, 6.07) is 21.7. The van der Waals surface area contributed by atoms with E-state index in [1.165, 1.54) is 11.3 Å². The van der Waals surface area contributed by atoms with E-state index in [4.69, 9.17) is 9.73 Å². The number of esters is 1. The topological polar surface area (TPSA) is 79.7 Å². The van der Waals surface area contributed by atoms with Crippen molar-refractivity contribution >= 4 is 40.0 Å². The van der Waals surface area contributed by atoms with Gasteiger partial charge in [-0.25, -0.2) is 9.79 Å². The molecule has 1 aliphatic rings. The Balaban J connectivity index is 1.61. The Labute approximate surface area is 254 Å². The lowest BCUT2D eigenvalue weighted by Gasteiger charge is -2.25. The summed E-state index contributed by atoms with van der Waals surface area (Å²) in [5.74, 6) is -0.464. The number of ether oxygens (including phenoxy) is 1. The van der Waals surface area contributed by atoms with Gasteiger partial charge in [0, 0.05) is 36.2 Å². The van der Waals surface area contributed by atoms with Crippen molar-refractivity contribution in [3.05, 3.63) is 120 Å². The maximum absolute atomic E-state index is 14.3. The zero-order chi connectivity index (χ0) is 30.4. The van der Waals surface area contributed by atoms with Crippen molar-refractivity contribution in [2.75, 3.05) is 25.6 Å². The van der Waals surface area contributed by atoms with Gasteiger partial charge in [-0.1, -0.05) is 65.4 Å². The molecule has 0 unspecified atom stereocenters.